The highest BCUT2D eigenvalue weighted by molar-refractivity contribution is 5.97. The maximum atomic E-state index is 13.2. The third kappa shape index (κ3) is 16.1. The van der Waals surface area contributed by atoms with Crippen LogP contribution in [0.1, 0.15) is 52.4 Å². The normalized spacial score (nSPS) is 16.4. The van der Waals surface area contributed by atoms with E-state index in [1.807, 2.05) is 0 Å². The summed E-state index contributed by atoms with van der Waals surface area (Å²) < 4.78 is 0. The highest BCUT2D eigenvalue weighted by Crippen LogP contribution is 2.18. The smallest absolute Gasteiger partial charge is 0.326 e. The number of aliphatic imine (C=N–C) groups is 1. The second-order valence-corrected chi connectivity index (χ2v) is 12.2. The van der Waals surface area contributed by atoms with Crippen LogP contribution in [0.2, 0.25) is 0 Å². The van der Waals surface area contributed by atoms with Crippen molar-refractivity contribution in [3.63, 3.8) is 0 Å². The number of hydrogen-bond acceptors (Lipinski definition) is 12. The standard InChI is InChI=1S/C30H52N12O11/c1-3-15(2)24(29(52)53)41-25(48)16(6-4-8-35-30(33)34)40-26(49)17(10-20(32)44)38-23(47)13-36-22(46)12-37-27(50)19-7-5-9-42(19)28(51)18(14-43)39-21(45)11-31/h15-19,24,43H,3-14,31H2,1-2H3,(H2,32,44)(H,36,46)(H,37,50)(H,38,47)(H,39,45)(H,40,49)(H,41,48)(H,52,53)(H4,33,34,35)/t15-,16-,17-,18-,19-,24-/m0/s1. The molecule has 0 radical (unpaired) electrons. The first kappa shape index (κ1) is 45.4. The summed E-state index contributed by atoms with van der Waals surface area (Å²) in [6.45, 7) is 1.08. The van der Waals surface area contributed by atoms with E-state index >= 15 is 0 Å². The van der Waals surface area contributed by atoms with Gasteiger partial charge in [-0.05, 0) is 31.6 Å². The average molecular weight is 757 g/mol. The highest BCUT2D eigenvalue weighted by atomic mass is 16.4. The summed E-state index contributed by atoms with van der Waals surface area (Å²) in [6.07, 6.45) is 0.475. The number of amides is 8. The van der Waals surface area contributed by atoms with Crippen LogP contribution in [0.5, 0.6) is 0 Å². The fraction of sp³-hybridized carbons (Fsp3) is 0.667. The fourth-order valence-corrected chi connectivity index (χ4v) is 5.11. The molecule has 53 heavy (non-hydrogen) atoms. The highest BCUT2D eigenvalue weighted by Gasteiger charge is 2.37. The molecule has 0 spiro atoms. The monoisotopic (exact) mass is 756 g/mol. The Kier molecular flexibility index (Phi) is 19.8. The van der Waals surface area contributed by atoms with E-state index < -0.39 is 122 Å². The Morgan fingerprint density at radius 1 is 0.849 bits per heavy atom. The SMILES string of the molecule is CC[C@H](C)[C@H](NC(=O)[C@H](CCCN=C(N)N)NC(=O)[C@H](CC(N)=O)NC(=O)CNC(=O)CNC(=O)[C@@H]1CCCN1C(=O)[C@H](CO)NC(=O)CN)C(=O)O. The van der Waals surface area contributed by atoms with E-state index in [1.54, 1.807) is 13.8 Å². The van der Waals surface area contributed by atoms with E-state index in [-0.39, 0.29) is 38.3 Å². The third-order valence-electron chi connectivity index (χ3n) is 8.12. The lowest BCUT2D eigenvalue weighted by molar-refractivity contribution is -0.144. The number of carbonyl (C=O) groups excluding carboxylic acids is 8. The van der Waals surface area contributed by atoms with Crippen LogP contribution in [0.15, 0.2) is 4.99 Å². The largest absolute Gasteiger partial charge is 0.480 e. The van der Waals surface area contributed by atoms with Gasteiger partial charge in [-0.25, -0.2) is 4.79 Å². The molecule has 23 heteroatoms. The first-order valence-electron chi connectivity index (χ1n) is 16.9. The lowest BCUT2D eigenvalue weighted by atomic mass is 9.98. The molecule has 8 amide bonds. The van der Waals surface area contributed by atoms with Gasteiger partial charge in [-0.3, -0.25) is 43.3 Å². The minimum absolute atomic E-state index is 0.0629. The van der Waals surface area contributed by atoms with Crippen molar-refractivity contribution < 1.29 is 53.4 Å². The zero-order valence-electron chi connectivity index (χ0n) is 29.7. The Labute approximate surface area is 305 Å². The molecule has 0 saturated carbocycles. The summed E-state index contributed by atoms with van der Waals surface area (Å²) in [6, 6.07) is -6.56. The van der Waals surface area contributed by atoms with Crippen LogP contribution in [-0.4, -0.2) is 144 Å². The summed E-state index contributed by atoms with van der Waals surface area (Å²) in [5.74, 6) is -8.74. The van der Waals surface area contributed by atoms with Crippen LogP contribution >= 0.6 is 0 Å². The Morgan fingerprint density at radius 2 is 1.47 bits per heavy atom. The number of hydrogen-bond donors (Lipinski definition) is 12. The summed E-state index contributed by atoms with van der Waals surface area (Å²) in [5.41, 5.74) is 21.2. The molecule has 1 aliphatic heterocycles. The third-order valence-corrected chi connectivity index (χ3v) is 8.12. The van der Waals surface area contributed by atoms with Gasteiger partial charge < -0.3 is 69.9 Å². The first-order valence-corrected chi connectivity index (χ1v) is 16.9. The molecule has 1 saturated heterocycles. The lowest BCUT2D eigenvalue weighted by Gasteiger charge is -2.27. The Balaban J connectivity index is 2.87. The molecule has 1 fully saturated rings. The second kappa shape index (κ2) is 23.1. The molecule has 23 nitrogen and oxygen atoms in total. The Hall–Kier alpha value is -5.58. The number of likely N-dealkylation sites (tertiary alicyclic amines) is 1. The quantitative estimate of drug-likeness (QED) is 0.0262. The molecule has 0 aliphatic carbocycles. The topological polar surface area (TPSA) is 386 Å². The maximum Gasteiger partial charge on any atom is 0.326 e. The summed E-state index contributed by atoms with van der Waals surface area (Å²) >= 11 is 0. The van der Waals surface area contributed by atoms with E-state index in [1.165, 1.54) is 0 Å². The van der Waals surface area contributed by atoms with E-state index in [4.69, 9.17) is 22.9 Å². The van der Waals surface area contributed by atoms with E-state index in [2.05, 4.69) is 36.9 Å². The number of nitrogens with zero attached hydrogens (tertiary/aromatic N) is 2. The number of carboxylic acids is 1. The van der Waals surface area contributed by atoms with Gasteiger partial charge in [-0.15, -0.1) is 0 Å². The zero-order chi connectivity index (χ0) is 40.2. The van der Waals surface area contributed by atoms with Crippen LogP contribution in [0.25, 0.3) is 0 Å². The van der Waals surface area contributed by atoms with Crippen LogP contribution in [-0.2, 0) is 43.2 Å². The molecule has 1 rings (SSSR count). The Morgan fingerprint density at radius 3 is 2.04 bits per heavy atom. The molecule has 16 N–H and O–H groups in total. The number of aliphatic hydroxyl groups excluding tert-OH is 1. The van der Waals surface area contributed by atoms with Crippen molar-refractivity contribution in [2.75, 3.05) is 39.3 Å². The van der Waals surface area contributed by atoms with Crippen molar-refractivity contribution in [1.29, 1.82) is 0 Å². The molecule has 0 aromatic heterocycles. The molecule has 0 bridgehead atoms. The number of primary amides is 1. The predicted octanol–water partition coefficient (Wildman–Crippen LogP) is -6.84. The molecular weight excluding hydrogens is 704 g/mol. The molecule has 1 aliphatic rings. The van der Waals surface area contributed by atoms with Crippen molar-refractivity contribution >= 4 is 59.2 Å². The Bertz CT molecular complexity index is 1370. The fourth-order valence-electron chi connectivity index (χ4n) is 5.11. The van der Waals surface area contributed by atoms with Crippen molar-refractivity contribution in [2.45, 2.75) is 82.6 Å². The summed E-state index contributed by atoms with van der Waals surface area (Å²) in [7, 11) is 0. The van der Waals surface area contributed by atoms with Gasteiger partial charge in [-0.2, -0.15) is 0 Å². The van der Waals surface area contributed by atoms with Crippen molar-refractivity contribution in [2.24, 2.45) is 33.8 Å². The number of nitrogens with two attached hydrogens (primary N) is 4. The summed E-state index contributed by atoms with van der Waals surface area (Å²) in [5, 5.41) is 33.0. The molecule has 0 aromatic rings. The number of nitrogens with one attached hydrogen (secondary N) is 6. The van der Waals surface area contributed by atoms with Gasteiger partial charge in [0.05, 0.1) is 32.7 Å². The van der Waals surface area contributed by atoms with Gasteiger partial charge in [-0.1, -0.05) is 20.3 Å². The minimum Gasteiger partial charge on any atom is -0.480 e. The van der Waals surface area contributed by atoms with Crippen LogP contribution in [0, 0.1) is 5.92 Å². The van der Waals surface area contributed by atoms with Crippen LogP contribution in [0.3, 0.4) is 0 Å². The van der Waals surface area contributed by atoms with E-state index in [9.17, 15) is 53.4 Å². The molecule has 0 aromatic carbocycles. The van der Waals surface area contributed by atoms with Gasteiger partial charge in [0.15, 0.2) is 5.96 Å². The van der Waals surface area contributed by atoms with Gasteiger partial charge in [0.2, 0.25) is 47.3 Å². The van der Waals surface area contributed by atoms with Gasteiger partial charge in [0.25, 0.3) is 0 Å². The maximum absolute atomic E-state index is 13.2. The van der Waals surface area contributed by atoms with E-state index in [0.29, 0.717) is 12.8 Å². The molecular formula is C30H52N12O11. The van der Waals surface area contributed by atoms with Crippen molar-refractivity contribution in [1.82, 2.24) is 36.8 Å². The average Bonchev–Trinajstić information content (AvgIpc) is 3.60. The molecule has 1 heterocycles. The summed E-state index contributed by atoms with van der Waals surface area (Å²) in [4.78, 5) is 117. The first-order chi connectivity index (χ1) is 24.9. The second-order valence-electron chi connectivity index (χ2n) is 12.2. The lowest BCUT2D eigenvalue weighted by Crippen LogP contribution is -2.57. The molecule has 0 unspecified atom stereocenters. The number of carboxylic acid groups (broad SMARTS) is 1. The van der Waals surface area contributed by atoms with Crippen LogP contribution in [0.4, 0.5) is 0 Å². The van der Waals surface area contributed by atoms with Gasteiger partial charge >= 0.3 is 5.97 Å². The van der Waals surface area contributed by atoms with Gasteiger partial charge in [0.1, 0.15) is 30.2 Å². The zero-order valence-corrected chi connectivity index (χ0v) is 29.7. The number of carbonyl (C=O) groups is 9. The molecule has 298 valence electrons. The van der Waals surface area contributed by atoms with Gasteiger partial charge in [0, 0.05) is 13.1 Å². The minimum atomic E-state index is -1.61. The number of aliphatic hydroxyl groups is 1. The molecule has 6 atom stereocenters. The predicted molar refractivity (Wildman–Crippen MR) is 185 cm³/mol. The van der Waals surface area contributed by atoms with Crippen molar-refractivity contribution in [3.8, 4) is 0 Å². The number of rotatable bonds is 23. The number of guanidine groups is 1. The van der Waals surface area contributed by atoms with Crippen LogP contribution < -0.4 is 54.8 Å². The van der Waals surface area contributed by atoms with E-state index in [0.717, 1.165) is 4.90 Å². The number of aliphatic carboxylic acids is 1. The van der Waals surface area contributed by atoms with Crippen molar-refractivity contribution in [3.05, 3.63) is 0 Å².